The number of rotatable bonds is 2. The third kappa shape index (κ3) is 1.53. The van der Waals surface area contributed by atoms with E-state index in [-0.39, 0.29) is 0 Å². The van der Waals surface area contributed by atoms with Gasteiger partial charge >= 0.3 is 0 Å². The number of hydrogen-bond acceptors (Lipinski definition) is 3. The van der Waals surface area contributed by atoms with Gasteiger partial charge in [-0.25, -0.2) is 0 Å². The molecule has 0 fully saturated rings. The third-order valence-electron chi connectivity index (χ3n) is 1.67. The molecule has 2 rings (SSSR count). The van der Waals surface area contributed by atoms with E-state index in [0.717, 1.165) is 0 Å². The average Bonchev–Trinajstić information content (AvgIpc) is 2.72. The van der Waals surface area contributed by atoms with Gasteiger partial charge in [-0.1, -0.05) is 0 Å². The smallest absolute Gasteiger partial charge is 0.223 e. The molecule has 0 N–H and O–H groups in total. The molecule has 0 atom stereocenters. The Balaban J connectivity index is 2.46. The molecule has 74 valence electrons. The molecule has 0 saturated carbocycles. The van der Waals surface area contributed by atoms with Crippen molar-refractivity contribution in [1.82, 2.24) is 9.78 Å². The molecule has 0 aliphatic heterocycles. The highest BCUT2D eigenvalue weighted by Crippen LogP contribution is 2.28. The quantitative estimate of drug-likeness (QED) is 0.847. The fourth-order valence-electron chi connectivity index (χ4n) is 1.03. The van der Waals surface area contributed by atoms with Crippen LogP contribution >= 0.6 is 27.5 Å². The molecule has 14 heavy (non-hydrogen) atoms. The summed E-state index contributed by atoms with van der Waals surface area (Å²) in [6.45, 7) is 0. The number of furan rings is 1. The van der Waals surface area contributed by atoms with Crippen molar-refractivity contribution in [2.45, 2.75) is 0 Å². The van der Waals surface area contributed by atoms with E-state index in [1.54, 1.807) is 30.1 Å². The minimum absolute atomic E-state index is 0.321. The summed E-state index contributed by atoms with van der Waals surface area (Å²) in [5.74, 6) is 1.17. The summed E-state index contributed by atoms with van der Waals surface area (Å²) in [7, 11) is 1.57. The van der Waals surface area contributed by atoms with Crippen molar-refractivity contribution in [3.05, 3.63) is 28.2 Å². The van der Waals surface area contributed by atoms with Crippen molar-refractivity contribution < 1.29 is 9.15 Å². The highest BCUT2D eigenvalue weighted by Gasteiger charge is 2.12. The molecule has 0 saturated heterocycles. The highest BCUT2D eigenvalue weighted by atomic mass is 79.9. The number of methoxy groups -OCH3 is 1. The van der Waals surface area contributed by atoms with Crippen LogP contribution in [0.3, 0.4) is 0 Å². The number of nitrogens with zero attached hydrogens (tertiary/aromatic N) is 2. The maximum Gasteiger partial charge on any atom is 0.223 e. The summed E-state index contributed by atoms with van der Waals surface area (Å²) in [6, 6.07) is 3.37. The van der Waals surface area contributed by atoms with Crippen LogP contribution in [0.2, 0.25) is 5.22 Å². The molecule has 0 aliphatic rings. The zero-order chi connectivity index (χ0) is 10.1. The first kappa shape index (κ1) is 9.61. The maximum atomic E-state index is 5.65. The molecule has 6 heteroatoms. The van der Waals surface area contributed by atoms with Crippen LogP contribution < -0.4 is 4.74 Å². The molecule has 4 nitrogen and oxygen atoms in total. The molecule has 0 radical (unpaired) electrons. The van der Waals surface area contributed by atoms with Crippen molar-refractivity contribution in [2.24, 2.45) is 0 Å². The lowest BCUT2D eigenvalue weighted by Gasteiger charge is -1.98. The number of hydrogen-bond donors (Lipinski definition) is 0. The number of halogens is 2. The minimum atomic E-state index is 0.321. The van der Waals surface area contributed by atoms with Crippen molar-refractivity contribution in [1.29, 1.82) is 0 Å². The second-order valence-corrected chi connectivity index (χ2v) is 3.62. The highest BCUT2D eigenvalue weighted by molar-refractivity contribution is 9.10. The van der Waals surface area contributed by atoms with Crippen molar-refractivity contribution in [3.63, 3.8) is 0 Å². The van der Waals surface area contributed by atoms with Gasteiger partial charge in [-0.2, -0.15) is 9.78 Å². The first-order valence-electron chi connectivity index (χ1n) is 3.75. The third-order valence-corrected chi connectivity index (χ3v) is 2.60. The largest absolute Gasteiger partial charge is 0.492 e. The van der Waals surface area contributed by atoms with Crippen LogP contribution in [-0.2, 0) is 0 Å². The summed E-state index contributed by atoms with van der Waals surface area (Å²) in [4.78, 5) is 0. The molecule has 2 aromatic heterocycles. The predicted molar refractivity (Wildman–Crippen MR) is 55.1 cm³/mol. The molecule has 2 aromatic rings. The van der Waals surface area contributed by atoms with Crippen molar-refractivity contribution in [2.75, 3.05) is 7.11 Å². The minimum Gasteiger partial charge on any atom is -0.492 e. The Morgan fingerprint density at radius 2 is 2.36 bits per heavy atom. The van der Waals surface area contributed by atoms with E-state index in [9.17, 15) is 0 Å². The summed E-state index contributed by atoms with van der Waals surface area (Å²) in [5, 5.41) is 4.38. The Morgan fingerprint density at radius 1 is 1.57 bits per heavy atom. The Morgan fingerprint density at radius 3 is 2.86 bits per heavy atom. The van der Waals surface area contributed by atoms with E-state index in [0.29, 0.717) is 21.5 Å². The Kier molecular flexibility index (Phi) is 2.52. The molecule has 0 unspecified atom stereocenters. The normalized spacial score (nSPS) is 10.5. The van der Waals surface area contributed by atoms with Gasteiger partial charge in [0.05, 0.1) is 13.3 Å². The molecule has 0 amide bonds. The fraction of sp³-hybridized carbons (Fsp3) is 0.125. The second-order valence-electron chi connectivity index (χ2n) is 2.49. The van der Waals surface area contributed by atoms with E-state index in [2.05, 4.69) is 21.0 Å². The van der Waals surface area contributed by atoms with Gasteiger partial charge in [0.15, 0.2) is 15.6 Å². The molecular formula is C8H6BrClN2O2. The topological polar surface area (TPSA) is 40.2 Å². The van der Waals surface area contributed by atoms with Gasteiger partial charge in [-0.3, -0.25) is 0 Å². The summed E-state index contributed by atoms with van der Waals surface area (Å²) >= 11 is 8.98. The second kappa shape index (κ2) is 3.67. The van der Waals surface area contributed by atoms with Gasteiger partial charge in [0, 0.05) is 6.07 Å². The predicted octanol–water partition coefficient (Wildman–Crippen LogP) is 2.89. The van der Waals surface area contributed by atoms with Gasteiger partial charge in [-0.05, 0) is 33.6 Å². The Hall–Kier alpha value is -0.940. The molecule has 2 heterocycles. The SMILES string of the molecule is COc1cnn(-c2ccc(Cl)o2)c1Br. The standard InChI is InChI=1S/C8H6BrClN2O2/c1-13-5-4-11-12(8(5)9)7-3-2-6(10)14-7/h2-4H,1H3. The lowest BCUT2D eigenvalue weighted by molar-refractivity contribution is 0.411. The monoisotopic (exact) mass is 276 g/mol. The first-order valence-corrected chi connectivity index (χ1v) is 4.92. The van der Waals surface area contributed by atoms with E-state index < -0.39 is 0 Å². The van der Waals surface area contributed by atoms with Gasteiger partial charge in [-0.15, -0.1) is 0 Å². The zero-order valence-corrected chi connectivity index (χ0v) is 9.54. The average molecular weight is 278 g/mol. The molecule has 0 bridgehead atoms. The summed E-state index contributed by atoms with van der Waals surface area (Å²) < 4.78 is 12.5. The van der Waals surface area contributed by atoms with Gasteiger partial charge < -0.3 is 9.15 Å². The van der Waals surface area contributed by atoms with Crippen molar-refractivity contribution >= 4 is 27.5 Å². The Bertz CT molecular complexity index is 452. The van der Waals surface area contributed by atoms with Gasteiger partial charge in [0.25, 0.3) is 0 Å². The summed E-state index contributed by atoms with van der Waals surface area (Å²) in [5.41, 5.74) is 0. The van der Waals surface area contributed by atoms with Crippen LogP contribution in [0.15, 0.2) is 27.3 Å². The summed E-state index contributed by atoms with van der Waals surface area (Å²) in [6.07, 6.45) is 1.58. The number of aromatic nitrogens is 2. The van der Waals surface area contributed by atoms with E-state index in [1.165, 1.54) is 0 Å². The van der Waals surface area contributed by atoms with E-state index >= 15 is 0 Å². The number of ether oxygens (including phenoxy) is 1. The van der Waals surface area contributed by atoms with Crippen LogP contribution in [-0.4, -0.2) is 16.9 Å². The lowest BCUT2D eigenvalue weighted by atomic mass is 10.6. The fourth-order valence-corrected chi connectivity index (χ4v) is 1.70. The molecule has 0 spiro atoms. The van der Waals surface area contributed by atoms with Crippen LogP contribution in [0.5, 0.6) is 5.75 Å². The van der Waals surface area contributed by atoms with Gasteiger partial charge in [0.2, 0.25) is 5.88 Å². The van der Waals surface area contributed by atoms with Crippen molar-refractivity contribution in [3.8, 4) is 11.6 Å². The van der Waals surface area contributed by atoms with Gasteiger partial charge in [0.1, 0.15) is 0 Å². The molecule has 0 aromatic carbocycles. The van der Waals surface area contributed by atoms with Crippen LogP contribution in [0.4, 0.5) is 0 Å². The molecule has 0 aliphatic carbocycles. The maximum absolute atomic E-state index is 5.65. The first-order chi connectivity index (χ1) is 6.72. The van der Waals surface area contributed by atoms with E-state index in [4.69, 9.17) is 20.8 Å². The Labute approximate surface area is 93.5 Å². The van der Waals surface area contributed by atoms with Crippen LogP contribution in [0, 0.1) is 0 Å². The van der Waals surface area contributed by atoms with Crippen LogP contribution in [0.1, 0.15) is 0 Å². The zero-order valence-electron chi connectivity index (χ0n) is 7.20. The lowest BCUT2D eigenvalue weighted by Crippen LogP contribution is -1.93. The molecular weight excluding hydrogens is 271 g/mol. The van der Waals surface area contributed by atoms with Crippen LogP contribution in [0.25, 0.3) is 5.88 Å². The van der Waals surface area contributed by atoms with E-state index in [1.807, 2.05) is 0 Å².